The maximum absolute atomic E-state index is 11.5. The van der Waals surface area contributed by atoms with Crippen LogP contribution >= 0.6 is 0 Å². The average Bonchev–Trinajstić information content (AvgIpc) is 2.65. The van der Waals surface area contributed by atoms with Crippen molar-refractivity contribution in [1.82, 2.24) is 0 Å². The molecule has 0 spiro atoms. The Morgan fingerprint density at radius 3 is 1.38 bits per heavy atom. The summed E-state index contributed by atoms with van der Waals surface area (Å²) in [6.07, 6.45) is 19.8. The zero-order valence-electron chi connectivity index (χ0n) is 19.7. The van der Waals surface area contributed by atoms with Gasteiger partial charge in [0.15, 0.2) is 0 Å². The first-order chi connectivity index (χ1) is 13.4. The Bertz CT molecular complexity index is 429. The first kappa shape index (κ1) is 32.1. The molecular weight excluding hydrogens is 395 g/mol. The van der Waals surface area contributed by atoms with Crippen molar-refractivity contribution in [1.29, 1.82) is 0 Å². The van der Waals surface area contributed by atoms with Crippen molar-refractivity contribution in [3.8, 4) is 0 Å². The topological polar surface area (TPSA) is 77.4 Å². The minimum Gasteiger partial charge on any atom is -0.748 e. The van der Waals surface area contributed by atoms with Crippen LogP contribution < -0.4 is 29.6 Å². The maximum Gasteiger partial charge on any atom is 1.00 e. The van der Waals surface area contributed by atoms with Crippen LogP contribution in [0.25, 0.3) is 0 Å². The van der Waals surface area contributed by atoms with E-state index < -0.39 is 15.4 Å². The molecule has 2 atom stereocenters. The monoisotopic (exact) mass is 442 g/mol. The predicted molar refractivity (Wildman–Crippen MR) is 119 cm³/mol. The summed E-state index contributed by atoms with van der Waals surface area (Å²) in [5.74, 6) is 0. The van der Waals surface area contributed by atoms with Gasteiger partial charge in [-0.15, -0.1) is 0 Å². The quantitative estimate of drug-likeness (QED) is 0.167. The van der Waals surface area contributed by atoms with Crippen LogP contribution in [0.1, 0.15) is 136 Å². The summed E-state index contributed by atoms with van der Waals surface area (Å²) in [7, 11) is -4.19. The minimum absolute atomic E-state index is 0. The molecule has 0 bridgehead atoms. The van der Waals surface area contributed by atoms with Gasteiger partial charge in [0.2, 0.25) is 0 Å². The summed E-state index contributed by atoms with van der Waals surface area (Å²) in [6.45, 7) is 4.20. The largest absolute Gasteiger partial charge is 1.00 e. The number of hydrogen-bond donors (Lipinski definition) is 1. The van der Waals surface area contributed by atoms with Gasteiger partial charge in [-0.05, 0) is 25.7 Å². The van der Waals surface area contributed by atoms with Crippen LogP contribution in [0.5, 0.6) is 0 Å². The molecule has 2 unspecified atom stereocenters. The SMILES string of the molecule is CCCCCCCCCCCCCCC(CCCCCC(O)CC)S(=O)(=O)[O-].[Na+]. The van der Waals surface area contributed by atoms with E-state index in [1.54, 1.807) is 0 Å². The van der Waals surface area contributed by atoms with Gasteiger partial charge in [-0.2, -0.15) is 0 Å². The maximum atomic E-state index is 11.5. The molecule has 0 aliphatic carbocycles. The third kappa shape index (κ3) is 21.9. The zero-order chi connectivity index (χ0) is 21.1. The summed E-state index contributed by atoms with van der Waals surface area (Å²) in [5, 5.41) is 8.81. The molecule has 170 valence electrons. The van der Waals surface area contributed by atoms with Crippen LogP contribution in [-0.2, 0) is 10.1 Å². The van der Waals surface area contributed by atoms with Crippen LogP contribution in [0, 0.1) is 0 Å². The Morgan fingerprint density at radius 2 is 1.00 bits per heavy atom. The average molecular weight is 443 g/mol. The van der Waals surface area contributed by atoms with Crippen molar-refractivity contribution in [3.05, 3.63) is 0 Å². The smallest absolute Gasteiger partial charge is 0.748 e. The molecule has 0 saturated carbocycles. The fraction of sp³-hybridized carbons (Fsp3) is 1.00. The molecule has 29 heavy (non-hydrogen) atoms. The molecule has 0 saturated heterocycles. The second kappa shape index (κ2) is 22.1. The van der Waals surface area contributed by atoms with E-state index in [-0.39, 0.29) is 35.7 Å². The fourth-order valence-electron chi connectivity index (χ4n) is 3.78. The summed E-state index contributed by atoms with van der Waals surface area (Å²) in [6, 6.07) is 0. The number of aliphatic hydroxyl groups is 1. The van der Waals surface area contributed by atoms with E-state index >= 15 is 0 Å². The van der Waals surface area contributed by atoms with Crippen LogP contribution in [-0.4, -0.2) is 29.4 Å². The molecule has 4 nitrogen and oxygen atoms in total. The molecule has 1 N–H and O–H groups in total. The molecule has 0 rings (SSSR count). The standard InChI is InChI=1S/C23H48O4S.Na/c1-3-5-6-7-8-9-10-11-12-13-14-17-20-23(28(25,26)27)21-18-15-16-19-22(24)4-2;/h22-24H,3-21H2,1-2H3,(H,25,26,27);/q;+1/p-1. The van der Waals surface area contributed by atoms with Gasteiger partial charge < -0.3 is 9.66 Å². The summed E-state index contributed by atoms with van der Waals surface area (Å²) in [5.41, 5.74) is 0. The van der Waals surface area contributed by atoms with Crippen LogP contribution in [0.15, 0.2) is 0 Å². The van der Waals surface area contributed by atoms with Crippen molar-refractivity contribution >= 4 is 10.1 Å². The molecule has 0 aromatic heterocycles. The Labute approximate surface area is 204 Å². The van der Waals surface area contributed by atoms with Crippen molar-refractivity contribution in [2.75, 3.05) is 0 Å². The van der Waals surface area contributed by atoms with E-state index in [2.05, 4.69) is 6.92 Å². The second-order valence-corrected chi connectivity index (χ2v) is 10.1. The van der Waals surface area contributed by atoms with E-state index in [9.17, 15) is 18.1 Å². The molecule has 0 aromatic rings. The molecule has 0 fully saturated rings. The van der Waals surface area contributed by atoms with Crippen LogP contribution in [0.4, 0.5) is 0 Å². The number of rotatable bonds is 21. The van der Waals surface area contributed by atoms with Crippen LogP contribution in [0.2, 0.25) is 0 Å². The van der Waals surface area contributed by atoms with E-state index in [4.69, 9.17) is 0 Å². The third-order valence-electron chi connectivity index (χ3n) is 5.82. The van der Waals surface area contributed by atoms with Gasteiger partial charge in [0.05, 0.1) is 16.2 Å². The van der Waals surface area contributed by atoms with E-state index in [1.807, 2.05) is 6.92 Å². The molecule has 0 aromatic carbocycles. The van der Waals surface area contributed by atoms with Gasteiger partial charge in [-0.3, -0.25) is 0 Å². The first-order valence-electron chi connectivity index (χ1n) is 12.0. The predicted octanol–water partition coefficient (Wildman–Crippen LogP) is 3.72. The normalized spacial score (nSPS) is 13.8. The van der Waals surface area contributed by atoms with Gasteiger partial charge in [0.25, 0.3) is 0 Å². The summed E-state index contributed by atoms with van der Waals surface area (Å²) < 4.78 is 34.5. The van der Waals surface area contributed by atoms with E-state index in [1.165, 1.54) is 57.8 Å². The molecule has 0 radical (unpaired) electrons. The third-order valence-corrected chi connectivity index (χ3v) is 7.11. The Kier molecular flexibility index (Phi) is 24.4. The van der Waals surface area contributed by atoms with E-state index in [0.29, 0.717) is 12.8 Å². The molecule has 0 aliphatic heterocycles. The van der Waals surface area contributed by atoms with Gasteiger partial charge >= 0.3 is 29.6 Å². The Morgan fingerprint density at radius 1 is 0.655 bits per heavy atom. The second-order valence-electron chi connectivity index (χ2n) is 8.49. The van der Waals surface area contributed by atoms with Gasteiger partial charge in [-0.25, -0.2) is 8.42 Å². The molecule has 0 aliphatic rings. The minimum atomic E-state index is -4.19. The van der Waals surface area contributed by atoms with Gasteiger partial charge in [0, 0.05) is 5.25 Å². The summed E-state index contributed by atoms with van der Waals surface area (Å²) >= 11 is 0. The van der Waals surface area contributed by atoms with Crippen molar-refractivity contribution in [3.63, 3.8) is 0 Å². The Balaban J connectivity index is 0. The van der Waals surface area contributed by atoms with Crippen molar-refractivity contribution in [2.45, 2.75) is 147 Å². The number of unbranched alkanes of at least 4 members (excludes halogenated alkanes) is 13. The number of hydrogen-bond acceptors (Lipinski definition) is 4. The van der Waals surface area contributed by atoms with Crippen molar-refractivity contribution < 1.29 is 47.6 Å². The zero-order valence-corrected chi connectivity index (χ0v) is 22.5. The molecule has 0 heterocycles. The van der Waals surface area contributed by atoms with Gasteiger partial charge in [0.1, 0.15) is 0 Å². The van der Waals surface area contributed by atoms with E-state index in [0.717, 1.165) is 51.4 Å². The first-order valence-corrected chi connectivity index (χ1v) is 13.5. The van der Waals surface area contributed by atoms with Crippen molar-refractivity contribution in [2.24, 2.45) is 0 Å². The summed E-state index contributed by atoms with van der Waals surface area (Å²) in [4.78, 5) is 0. The Hall–Kier alpha value is 0.870. The van der Waals surface area contributed by atoms with Crippen LogP contribution in [0.3, 0.4) is 0 Å². The molecule has 0 amide bonds. The fourth-order valence-corrected chi connectivity index (χ4v) is 4.69. The number of aliphatic hydroxyl groups excluding tert-OH is 1. The molecule has 6 heteroatoms. The van der Waals surface area contributed by atoms with Gasteiger partial charge in [-0.1, -0.05) is 110 Å². The molecular formula is C23H47NaO4S.